The zero-order valence-corrected chi connectivity index (χ0v) is 14.7. The Balaban J connectivity index is 2.39. The number of anilines is 1. The average Bonchev–Trinajstić information content (AvgIpc) is 2.91. The van der Waals surface area contributed by atoms with E-state index in [4.69, 9.17) is 20.2 Å². The molecule has 0 radical (unpaired) electrons. The van der Waals surface area contributed by atoms with E-state index in [1.807, 2.05) is 25.1 Å². The summed E-state index contributed by atoms with van der Waals surface area (Å²) in [5.74, 6) is 2.54. The topological polar surface area (TPSA) is 75.2 Å². The van der Waals surface area contributed by atoms with Crippen molar-refractivity contribution in [2.45, 2.75) is 33.9 Å². The van der Waals surface area contributed by atoms with Crippen LogP contribution in [0.4, 0.5) is 5.82 Å². The van der Waals surface area contributed by atoms with Gasteiger partial charge < -0.3 is 19.8 Å². The molecule has 6 heteroatoms. The Bertz CT molecular complexity index is 870. The Kier molecular flexibility index (Phi) is 4.57. The van der Waals surface area contributed by atoms with E-state index in [0.717, 1.165) is 34.5 Å². The molecule has 3 rings (SSSR count). The van der Waals surface area contributed by atoms with Crippen molar-refractivity contribution in [2.75, 3.05) is 19.5 Å². The predicted molar refractivity (Wildman–Crippen MR) is 96.2 cm³/mol. The molecule has 0 atom stereocenters. The average molecular weight is 328 g/mol. The number of imidazole rings is 1. The molecule has 1 aromatic carbocycles. The lowest BCUT2D eigenvalue weighted by Crippen LogP contribution is -2.10. The van der Waals surface area contributed by atoms with Gasteiger partial charge in [-0.25, -0.2) is 9.97 Å². The Morgan fingerprint density at radius 2 is 2.04 bits per heavy atom. The molecule has 24 heavy (non-hydrogen) atoms. The number of hydrogen-bond acceptors (Lipinski definition) is 5. The first kappa shape index (κ1) is 16.5. The van der Waals surface area contributed by atoms with Gasteiger partial charge in [-0.15, -0.1) is 0 Å². The molecule has 0 aliphatic carbocycles. The fraction of sp³-hybridized carbons (Fsp3) is 0.444. The molecule has 0 aliphatic heterocycles. The lowest BCUT2D eigenvalue weighted by Gasteiger charge is -2.14. The van der Waals surface area contributed by atoms with Crippen LogP contribution in [0.15, 0.2) is 18.2 Å². The minimum Gasteiger partial charge on any atom is -0.496 e. The third kappa shape index (κ3) is 2.78. The lowest BCUT2D eigenvalue weighted by molar-refractivity contribution is 0.125. The minimum absolute atomic E-state index is 0.436. The number of nitrogens with zero attached hydrogens (tertiary/aromatic N) is 3. The van der Waals surface area contributed by atoms with Crippen LogP contribution in [0.5, 0.6) is 5.75 Å². The molecule has 6 nitrogen and oxygen atoms in total. The van der Waals surface area contributed by atoms with Crippen LogP contribution < -0.4 is 10.5 Å². The largest absolute Gasteiger partial charge is 0.496 e. The second-order valence-electron chi connectivity index (χ2n) is 6.22. The van der Waals surface area contributed by atoms with Gasteiger partial charge in [-0.2, -0.15) is 0 Å². The molecule has 0 amide bonds. The molecule has 0 aliphatic rings. The van der Waals surface area contributed by atoms with Gasteiger partial charge in [0, 0.05) is 13.2 Å². The van der Waals surface area contributed by atoms with Crippen LogP contribution in [-0.2, 0) is 17.9 Å². The number of pyridine rings is 1. The van der Waals surface area contributed by atoms with E-state index in [0.29, 0.717) is 30.5 Å². The molecule has 0 saturated heterocycles. The predicted octanol–water partition coefficient (Wildman–Crippen LogP) is 3.37. The van der Waals surface area contributed by atoms with Crippen LogP contribution in [0.25, 0.3) is 21.9 Å². The van der Waals surface area contributed by atoms with Gasteiger partial charge in [0.25, 0.3) is 0 Å². The van der Waals surface area contributed by atoms with Crippen molar-refractivity contribution in [1.29, 1.82) is 0 Å². The molecule has 0 unspecified atom stereocenters. The van der Waals surface area contributed by atoms with E-state index in [9.17, 15) is 0 Å². The highest BCUT2D eigenvalue weighted by molar-refractivity contribution is 6.09. The second kappa shape index (κ2) is 6.65. The van der Waals surface area contributed by atoms with Crippen molar-refractivity contribution in [3.05, 3.63) is 24.0 Å². The summed E-state index contributed by atoms with van der Waals surface area (Å²) in [7, 11) is 1.67. The van der Waals surface area contributed by atoms with E-state index in [1.165, 1.54) is 0 Å². The van der Waals surface area contributed by atoms with Gasteiger partial charge in [-0.05, 0) is 25.0 Å². The summed E-state index contributed by atoms with van der Waals surface area (Å²) in [6, 6.07) is 5.81. The Labute approximate surface area is 141 Å². The van der Waals surface area contributed by atoms with E-state index < -0.39 is 0 Å². The summed E-state index contributed by atoms with van der Waals surface area (Å²) in [5, 5.41) is 0.945. The van der Waals surface area contributed by atoms with Crippen molar-refractivity contribution in [3.63, 3.8) is 0 Å². The van der Waals surface area contributed by atoms with Crippen molar-refractivity contribution in [2.24, 2.45) is 5.92 Å². The number of nitrogens with two attached hydrogens (primary N) is 1. The normalized spacial score (nSPS) is 11.7. The number of ether oxygens (including phenoxy) is 2. The van der Waals surface area contributed by atoms with Gasteiger partial charge in [0.15, 0.2) is 5.82 Å². The van der Waals surface area contributed by atoms with Gasteiger partial charge in [0.05, 0.1) is 23.5 Å². The smallest absolute Gasteiger partial charge is 0.152 e. The summed E-state index contributed by atoms with van der Waals surface area (Å²) >= 11 is 0. The first-order valence-electron chi connectivity index (χ1n) is 8.25. The molecular formula is C18H24N4O2. The van der Waals surface area contributed by atoms with E-state index in [1.54, 1.807) is 7.11 Å². The van der Waals surface area contributed by atoms with E-state index in [2.05, 4.69) is 23.4 Å². The Hall–Kier alpha value is -2.34. The molecule has 2 N–H and O–H groups in total. The monoisotopic (exact) mass is 328 g/mol. The quantitative estimate of drug-likeness (QED) is 0.751. The number of methoxy groups -OCH3 is 1. The zero-order chi connectivity index (χ0) is 17.3. The maximum absolute atomic E-state index is 6.19. The third-order valence-corrected chi connectivity index (χ3v) is 3.97. The van der Waals surface area contributed by atoms with Crippen LogP contribution in [-0.4, -0.2) is 28.3 Å². The molecular weight excluding hydrogens is 304 g/mol. The lowest BCUT2D eigenvalue weighted by atomic mass is 10.1. The second-order valence-corrected chi connectivity index (χ2v) is 6.22. The molecule has 3 aromatic rings. The highest BCUT2D eigenvalue weighted by Crippen LogP contribution is 2.35. The molecule has 0 spiro atoms. The van der Waals surface area contributed by atoms with E-state index >= 15 is 0 Å². The maximum Gasteiger partial charge on any atom is 0.152 e. The molecule has 0 bridgehead atoms. The van der Waals surface area contributed by atoms with Gasteiger partial charge in [0.1, 0.15) is 23.7 Å². The fourth-order valence-corrected chi connectivity index (χ4v) is 3.00. The van der Waals surface area contributed by atoms with Crippen molar-refractivity contribution >= 4 is 27.8 Å². The summed E-state index contributed by atoms with van der Waals surface area (Å²) in [6.07, 6.45) is 0. The molecule has 0 saturated carbocycles. The fourth-order valence-electron chi connectivity index (χ4n) is 3.00. The Morgan fingerprint density at radius 3 is 2.71 bits per heavy atom. The number of hydrogen-bond donors (Lipinski definition) is 1. The van der Waals surface area contributed by atoms with Gasteiger partial charge in [-0.3, -0.25) is 0 Å². The molecule has 128 valence electrons. The first-order chi connectivity index (χ1) is 11.6. The number of rotatable bonds is 6. The van der Waals surface area contributed by atoms with E-state index in [-0.39, 0.29) is 0 Å². The zero-order valence-electron chi connectivity index (χ0n) is 14.7. The molecule has 0 fully saturated rings. The van der Waals surface area contributed by atoms with Gasteiger partial charge >= 0.3 is 0 Å². The maximum atomic E-state index is 6.19. The van der Waals surface area contributed by atoms with Crippen LogP contribution >= 0.6 is 0 Å². The summed E-state index contributed by atoms with van der Waals surface area (Å²) in [6.45, 7) is 8.26. The van der Waals surface area contributed by atoms with Crippen LogP contribution in [0, 0.1) is 5.92 Å². The highest BCUT2D eigenvalue weighted by atomic mass is 16.5. The van der Waals surface area contributed by atoms with Crippen LogP contribution in [0.2, 0.25) is 0 Å². The Morgan fingerprint density at radius 1 is 1.25 bits per heavy atom. The van der Waals surface area contributed by atoms with Gasteiger partial charge in [-0.1, -0.05) is 19.9 Å². The number of fused-ring (bicyclic) bond motifs is 3. The third-order valence-electron chi connectivity index (χ3n) is 3.97. The van der Waals surface area contributed by atoms with Crippen LogP contribution in [0.1, 0.15) is 26.6 Å². The van der Waals surface area contributed by atoms with Crippen molar-refractivity contribution < 1.29 is 9.47 Å². The number of aromatic nitrogens is 3. The molecule has 2 aromatic heterocycles. The van der Waals surface area contributed by atoms with Crippen molar-refractivity contribution in [1.82, 2.24) is 14.5 Å². The number of benzene rings is 1. The summed E-state index contributed by atoms with van der Waals surface area (Å²) < 4.78 is 13.4. The standard InChI is InChI=1S/C18H24N4O2/c1-5-24-10-14-21-16-17(22(14)9-11(2)3)15-12(20-18(16)19)7-6-8-13(15)23-4/h6-8,11H,5,9-10H2,1-4H3,(H2,19,20). The van der Waals surface area contributed by atoms with Crippen LogP contribution in [0.3, 0.4) is 0 Å². The summed E-state index contributed by atoms with van der Waals surface area (Å²) in [5.41, 5.74) is 8.68. The highest BCUT2D eigenvalue weighted by Gasteiger charge is 2.20. The SMILES string of the molecule is CCOCc1nc2c(N)nc3cccc(OC)c3c2n1CC(C)C. The molecule has 2 heterocycles. The van der Waals surface area contributed by atoms with Crippen molar-refractivity contribution in [3.8, 4) is 5.75 Å². The first-order valence-corrected chi connectivity index (χ1v) is 8.25. The number of nitrogen functional groups attached to an aromatic ring is 1. The summed E-state index contributed by atoms with van der Waals surface area (Å²) in [4.78, 5) is 9.23. The van der Waals surface area contributed by atoms with Gasteiger partial charge in [0.2, 0.25) is 0 Å². The minimum atomic E-state index is 0.436.